The Morgan fingerprint density at radius 3 is 2.47 bits per heavy atom. The topological polar surface area (TPSA) is 12.9 Å². The number of aryl methyl sites for hydroxylation is 2. The van der Waals surface area contributed by atoms with Crippen LogP contribution in [0.2, 0.25) is 0 Å². The Kier molecular flexibility index (Phi) is 4.88. The number of halogens is 2. The van der Waals surface area contributed by atoms with Gasteiger partial charge in [0.1, 0.15) is 0 Å². The Hall–Kier alpha value is -0.570. The van der Waals surface area contributed by atoms with Gasteiger partial charge in [0.2, 0.25) is 0 Å². The molecular weight excluding hydrogens is 297 g/mol. The van der Waals surface area contributed by atoms with Crippen molar-refractivity contribution >= 4 is 34.5 Å². The van der Waals surface area contributed by atoms with Crippen molar-refractivity contribution in [3.05, 3.63) is 51.5 Å². The second-order valence-electron chi connectivity index (χ2n) is 4.95. The molecule has 0 bridgehead atoms. The van der Waals surface area contributed by atoms with E-state index in [1.54, 1.807) is 11.3 Å². The molecule has 0 saturated carbocycles. The summed E-state index contributed by atoms with van der Waals surface area (Å²) < 4.78 is 0. The average Bonchev–Trinajstić information content (AvgIpc) is 2.81. The van der Waals surface area contributed by atoms with Crippen LogP contribution in [0.25, 0.3) is 0 Å². The summed E-state index contributed by atoms with van der Waals surface area (Å²) in [5.41, 5.74) is 3.26. The molecule has 1 heterocycles. The molecule has 0 aliphatic heterocycles. The number of nitrogens with zero attached hydrogens (tertiary/aromatic N) is 1. The van der Waals surface area contributed by atoms with E-state index in [4.69, 9.17) is 23.2 Å². The summed E-state index contributed by atoms with van der Waals surface area (Å²) in [6.07, 6.45) is 0.786. The lowest BCUT2D eigenvalue weighted by Gasteiger charge is -2.30. The first-order valence-corrected chi connectivity index (χ1v) is 8.14. The monoisotopic (exact) mass is 313 g/mol. The molecule has 0 saturated heterocycles. The van der Waals surface area contributed by atoms with Crippen molar-refractivity contribution in [1.82, 2.24) is 4.98 Å². The van der Waals surface area contributed by atoms with Crippen molar-refractivity contribution in [1.29, 1.82) is 0 Å². The maximum absolute atomic E-state index is 6.26. The van der Waals surface area contributed by atoms with E-state index in [9.17, 15) is 0 Å². The van der Waals surface area contributed by atoms with Crippen molar-refractivity contribution < 1.29 is 0 Å². The SMILES string of the molecule is Cc1cccc(C(CCl)(CCl)Cc2csc(C)n2)c1. The van der Waals surface area contributed by atoms with Crippen LogP contribution < -0.4 is 0 Å². The largest absolute Gasteiger partial charge is 0.247 e. The van der Waals surface area contributed by atoms with Gasteiger partial charge in [0.25, 0.3) is 0 Å². The standard InChI is InChI=1S/C15H17Cl2NS/c1-11-4-3-5-13(6-11)15(9-16,10-17)7-14-8-19-12(2)18-14/h3-6,8H,7,9-10H2,1-2H3. The van der Waals surface area contributed by atoms with Crippen LogP contribution in [0.5, 0.6) is 0 Å². The molecule has 1 aromatic carbocycles. The van der Waals surface area contributed by atoms with E-state index in [-0.39, 0.29) is 5.41 Å². The van der Waals surface area contributed by atoms with Gasteiger partial charge in [-0.3, -0.25) is 0 Å². The van der Waals surface area contributed by atoms with E-state index in [0.717, 1.165) is 17.1 Å². The van der Waals surface area contributed by atoms with Crippen molar-refractivity contribution in [3.63, 3.8) is 0 Å². The van der Waals surface area contributed by atoms with Crippen molar-refractivity contribution in [3.8, 4) is 0 Å². The lowest BCUT2D eigenvalue weighted by Crippen LogP contribution is -2.33. The molecule has 102 valence electrons. The second kappa shape index (κ2) is 6.25. The lowest BCUT2D eigenvalue weighted by atomic mass is 9.79. The molecule has 1 nitrogen and oxygen atoms in total. The summed E-state index contributed by atoms with van der Waals surface area (Å²) in [5, 5.41) is 3.18. The van der Waals surface area contributed by atoms with Gasteiger partial charge in [0.05, 0.1) is 10.7 Å². The van der Waals surface area contributed by atoms with Crippen LogP contribution in [-0.4, -0.2) is 16.7 Å². The normalized spacial score (nSPS) is 11.8. The fraction of sp³-hybridized carbons (Fsp3) is 0.400. The fourth-order valence-electron chi connectivity index (χ4n) is 2.20. The molecule has 0 fully saturated rings. The van der Waals surface area contributed by atoms with Gasteiger partial charge in [0, 0.05) is 29.0 Å². The number of benzene rings is 1. The quantitative estimate of drug-likeness (QED) is 0.728. The summed E-state index contributed by atoms with van der Waals surface area (Å²) in [6, 6.07) is 8.43. The summed E-state index contributed by atoms with van der Waals surface area (Å²) in [4.78, 5) is 4.54. The Morgan fingerprint density at radius 1 is 1.21 bits per heavy atom. The first-order valence-electron chi connectivity index (χ1n) is 6.20. The lowest BCUT2D eigenvalue weighted by molar-refractivity contribution is 0.529. The minimum atomic E-state index is -0.240. The van der Waals surface area contributed by atoms with E-state index < -0.39 is 0 Å². The zero-order valence-corrected chi connectivity index (χ0v) is 13.4. The van der Waals surface area contributed by atoms with Gasteiger partial charge in [-0.15, -0.1) is 34.5 Å². The number of thiazole rings is 1. The molecule has 1 aromatic heterocycles. The van der Waals surface area contributed by atoms with Crippen LogP contribution in [0.1, 0.15) is 21.8 Å². The van der Waals surface area contributed by atoms with Crippen molar-refractivity contribution in [2.24, 2.45) is 0 Å². The number of hydrogen-bond donors (Lipinski definition) is 0. The van der Waals surface area contributed by atoms with Gasteiger partial charge in [0.15, 0.2) is 0 Å². The third-order valence-electron chi connectivity index (χ3n) is 3.33. The smallest absolute Gasteiger partial charge is 0.0897 e. The third-order valence-corrected chi connectivity index (χ3v) is 5.17. The van der Waals surface area contributed by atoms with Gasteiger partial charge in [-0.25, -0.2) is 4.98 Å². The van der Waals surface area contributed by atoms with Crippen LogP contribution in [-0.2, 0) is 11.8 Å². The highest BCUT2D eigenvalue weighted by atomic mass is 35.5. The van der Waals surface area contributed by atoms with E-state index in [2.05, 4.69) is 41.6 Å². The molecule has 2 aromatic rings. The zero-order valence-electron chi connectivity index (χ0n) is 11.1. The van der Waals surface area contributed by atoms with Crippen LogP contribution in [0.3, 0.4) is 0 Å². The molecule has 0 aliphatic carbocycles. The molecule has 0 aliphatic rings. The van der Waals surface area contributed by atoms with Crippen LogP contribution >= 0.6 is 34.5 Å². The molecule has 0 N–H and O–H groups in total. The van der Waals surface area contributed by atoms with Gasteiger partial charge >= 0.3 is 0 Å². The third kappa shape index (κ3) is 3.31. The number of alkyl halides is 2. The number of hydrogen-bond acceptors (Lipinski definition) is 2. The van der Waals surface area contributed by atoms with Crippen LogP contribution in [0.15, 0.2) is 29.6 Å². The molecule has 4 heteroatoms. The average molecular weight is 314 g/mol. The minimum Gasteiger partial charge on any atom is -0.247 e. The predicted octanol–water partition coefficient (Wildman–Crippen LogP) is 4.72. The van der Waals surface area contributed by atoms with Crippen molar-refractivity contribution in [2.75, 3.05) is 11.8 Å². The summed E-state index contributed by atoms with van der Waals surface area (Å²) in [6.45, 7) is 4.10. The Labute approximate surface area is 128 Å². The number of aromatic nitrogens is 1. The summed E-state index contributed by atoms with van der Waals surface area (Å²) >= 11 is 14.2. The molecular formula is C15H17Cl2NS. The highest BCUT2D eigenvalue weighted by molar-refractivity contribution is 7.09. The maximum atomic E-state index is 6.26. The Bertz CT molecular complexity index is 547. The Morgan fingerprint density at radius 2 is 1.95 bits per heavy atom. The van der Waals surface area contributed by atoms with Gasteiger partial charge in [-0.05, 0) is 19.4 Å². The molecule has 0 spiro atoms. The van der Waals surface area contributed by atoms with Crippen LogP contribution in [0, 0.1) is 13.8 Å². The predicted molar refractivity (Wildman–Crippen MR) is 84.9 cm³/mol. The van der Waals surface area contributed by atoms with E-state index in [0.29, 0.717) is 11.8 Å². The molecule has 0 radical (unpaired) electrons. The minimum absolute atomic E-state index is 0.240. The molecule has 0 amide bonds. The van der Waals surface area contributed by atoms with E-state index in [1.807, 2.05) is 6.92 Å². The maximum Gasteiger partial charge on any atom is 0.0897 e. The summed E-state index contributed by atoms with van der Waals surface area (Å²) in [7, 11) is 0. The molecule has 19 heavy (non-hydrogen) atoms. The van der Waals surface area contributed by atoms with E-state index in [1.165, 1.54) is 11.1 Å². The Balaban J connectivity index is 2.37. The van der Waals surface area contributed by atoms with Gasteiger partial charge < -0.3 is 0 Å². The first-order chi connectivity index (χ1) is 9.09. The molecule has 2 rings (SSSR count). The number of rotatable bonds is 5. The first kappa shape index (κ1) is 14.8. The molecule has 0 atom stereocenters. The van der Waals surface area contributed by atoms with Crippen LogP contribution in [0.4, 0.5) is 0 Å². The van der Waals surface area contributed by atoms with Gasteiger partial charge in [-0.1, -0.05) is 29.8 Å². The second-order valence-corrected chi connectivity index (χ2v) is 6.55. The highest BCUT2D eigenvalue weighted by Gasteiger charge is 2.32. The fourth-order valence-corrected chi connectivity index (χ4v) is 3.59. The highest BCUT2D eigenvalue weighted by Crippen LogP contribution is 2.32. The summed E-state index contributed by atoms with van der Waals surface area (Å²) in [5.74, 6) is 0.993. The molecule has 0 unspecified atom stereocenters. The van der Waals surface area contributed by atoms with Crippen molar-refractivity contribution in [2.45, 2.75) is 25.7 Å². The van der Waals surface area contributed by atoms with E-state index >= 15 is 0 Å². The van der Waals surface area contributed by atoms with Gasteiger partial charge in [-0.2, -0.15) is 0 Å². The zero-order chi connectivity index (χ0) is 13.9.